The Bertz CT molecular complexity index is 779. The number of benzene rings is 2. The summed E-state index contributed by atoms with van der Waals surface area (Å²) in [6.45, 7) is 0. The molecule has 0 spiro atoms. The Morgan fingerprint density at radius 1 is 1.00 bits per heavy atom. The van der Waals surface area contributed by atoms with Crippen LogP contribution in [-0.2, 0) is 12.1 Å². The lowest BCUT2D eigenvalue weighted by Crippen LogP contribution is -2.26. The molecule has 0 amide bonds. The van der Waals surface area contributed by atoms with Gasteiger partial charge in [-0.25, -0.2) is 4.39 Å². The van der Waals surface area contributed by atoms with Gasteiger partial charge in [-0.05, 0) is 42.0 Å². The molecule has 1 heterocycles. The molecule has 0 fully saturated rings. The first-order chi connectivity index (χ1) is 11.5. The van der Waals surface area contributed by atoms with Crippen molar-refractivity contribution in [2.24, 2.45) is 0 Å². The van der Waals surface area contributed by atoms with Crippen molar-refractivity contribution in [1.82, 2.24) is 15.4 Å². The number of alkyl halides is 1. The first-order valence-corrected chi connectivity index (χ1v) is 8.98. The molecule has 1 aromatic heterocycles. The van der Waals surface area contributed by atoms with Gasteiger partial charge in [0.05, 0.1) is 5.69 Å². The zero-order valence-corrected chi connectivity index (χ0v) is 14.9. The van der Waals surface area contributed by atoms with Crippen LogP contribution in [0.4, 0.5) is 4.39 Å². The molecular weight excluding hydrogens is 368 g/mol. The van der Waals surface area contributed by atoms with Crippen molar-refractivity contribution in [1.29, 1.82) is 0 Å². The average molecular weight is 382 g/mol. The summed E-state index contributed by atoms with van der Waals surface area (Å²) in [4.78, 5) is 0.954. The van der Waals surface area contributed by atoms with Crippen molar-refractivity contribution in [2.45, 2.75) is 17.0 Å². The van der Waals surface area contributed by atoms with E-state index in [1.165, 1.54) is 11.8 Å². The topological polar surface area (TPSA) is 41.6 Å². The Kier molecular flexibility index (Phi) is 5.43. The Morgan fingerprint density at radius 3 is 2.21 bits per heavy atom. The van der Waals surface area contributed by atoms with Crippen LogP contribution in [0.25, 0.3) is 0 Å². The molecule has 1 atom stereocenters. The molecule has 0 aliphatic carbocycles. The van der Waals surface area contributed by atoms with Crippen molar-refractivity contribution in [3.63, 3.8) is 0 Å². The number of hydrogen-bond donors (Lipinski definition) is 1. The Morgan fingerprint density at radius 2 is 1.62 bits per heavy atom. The third-order valence-corrected chi connectivity index (χ3v) is 5.28. The fourth-order valence-corrected chi connectivity index (χ4v) is 3.56. The third kappa shape index (κ3) is 4.29. The summed E-state index contributed by atoms with van der Waals surface area (Å²) in [5.74, 6) is 0.239. The third-order valence-electron chi connectivity index (χ3n) is 3.57. The van der Waals surface area contributed by atoms with E-state index in [0.29, 0.717) is 21.3 Å². The number of nitrogens with zero attached hydrogens (tertiary/aromatic N) is 2. The number of thioether (sulfide) groups is 1. The minimum Gasteiger partial charge on any atom is -0.265 e. The fourth-order valence-electron chi connectivity index (χ4n) is 2.31. The quantitative estimate of drug-likeness (QED) is 0.588. The first kappa shape index (κ1) is 17.3. The second kappa shape index (κ2) is 7.55. The van der Waals surface area contributed by atoms with Gasteiger partial charge in [-0.15, -0.1) is 16.9 Å². The lowest BCUT2D eigenvalue weighted by molar-refractivity contribution is 0.197. The predicted octanol–water partition coefficient (Wildman–Crippen LogP) is 5.31. The van der Waals surface area contributed by atoms with E-state index in [1.54, 1.807) is 42.6 Å². The van der Waals surface area contributed by atoms with E-state index in [4.69, 9.17) is 23.2 Å². The zero-order valence-electron chi connectivity index (χ0n) is 12.5. The van der Waals surface area contributed by atoms with Gasteiger partial charge >= 0.3 is 0 Å². The molecule has 1 unspecified atom stereocenters. The number of aromatic amines is 1. The maximum Gasteiger partial charge on any atom is 0.150 e. The van der Waals surface area contributed by atoms with E-state index in [9.17, 15) is 0 Å². The van der Waals surface area contributed by atoms with Gasteiger partial charge in [0, 0.05) is 33.3 Å². The highest BCUT2D eigenvalue weighted by atomic mass is 35.5. The van der Waals surface area contributed by atoms with Crippen LogP contribution < -0.4 is 0 Å². The highest BCUT2D eigenvalue weighted by Gasteiger charge is 2.33. The lowest BCUT2D eigenvalue weighted by Gasteiger charge is -2.25. The number of hydrogen-bond acceptors (Lipinski definition) is 3. The van der Waals surface area contributed by atoms with Gasteiger partial charge in [-0.3, -0.25) is 5.10 Å². The Labute approximate surface area is 153 Å². The Balaban J connectivity index is 1.83. The minimum absolute atomic E-state index is 0.131. The van der Waals surface area contributed by atoms with Crippen molar-refractivity contribution >= 4 is 35.0 Å². The normalized spacial score (nSPS) is 13.6. The Hall–Kier alpha value is -1.56. The average Bonchev–Trinajstić information content (AvgIpc) is 3.08. The number of nitrogens with one attached hydrogen (secondary N) is 1. The van der Waals surface area contributed by atoms with Crippen molar-refractivity contribution in [3.8, 4) is 0 Å². The summed E-state index contributed by atoms with van der Waals surface area (Å²) in [6, 6.07) is 14.2. The van der Waals surface area contributed by atoms with E-state index in [1.807, 2.05) is 12.1 Å². The number of halogens is 3. The molecule has 124 valence electrons. The molecule has 24 heavy (non-hydrogen) atoms. The summed E-state index contributed by atoms with van der Waals surface area (Å²) in [6.07, 6.45) is 1.74. The number of H-pyrrole nitrogens is 1. The highest BCUT2D eigenvalue weighted by molar-refractivity contribution is 7.99. The standard InChI is InChI=1S/C17H14Cl2FN3S/c18-13-3-1-12(2-4-13)17(20,9-15-10-21-23-22-15)11-24-16-7-5-14(19)6-8-16/h1-8,10H,9,11H2,(H,21,22,23). The van der Waals surface area contributed by atoms with Crippen LogP contribution in [0.1, 0.15) is 11.3 Å². The largest absolute Gasteiger partial charge is 0.265 e. The first-order valence-electron chi connectivity index (χ1n) is 7.24. The molecule has 0 saturated carbocycles. The van der Waals surface area contributed by atoms with Crippen LogP contribution in [0.5, 0.6) is 0 Å². The SMILES string of the molecule is FC(CSc1ccc(Cl)cc1)(Cc1c[nH]nn1)c1ccc(Cl)cc1. The zero-order chi connectivity index (χ0) is 17.0. The molecule has 1 N–H and O–H groups in total. The molecule has 0 aliphatic rings. The summed E-state index contributed by atoms with van der Waals surface area (Å²) in [5, 5.41) is 11.4. The van der Waals surface area contributed by atoms with Gasteiger partial charge in [-0.1, -0.05) is 40.5 Å². The predicted molar refractivity (Wildman–Crippen MR) is 96.5 cm³/mol. The molecule has 2 aromatic carbocycles. The molecule has 7 heteroatoms. The number of aromatic nitrogens is 3. The van der Waals surface area contributed by atoms with E-state index >= 15 is 4.39 Å². The van der Waals surface area contributed by atoms with Crippen molar-refractivity contribution in [3.05, 3.63) is 76.0 Å². The van der Waals surface area contributed by atoms with Crippen LogP contribution >= 0.6 is 35.0 Å². The molecule has 3 nitrogen and oxygen atoms in total. The van der Waals surface area contributed by atoms with Crippen LogP contribution in [0.3, 0.4) is 0 Å². The van der Waals surface area contributed by atoms with E-state index in [2.05, 4.69) is 15.4 Å². The van der Waals surface area contributed by atoms with E-state index in [0.717, 1.165) is 4.90 Å². The minimum atomic E-state index is -1.59. The molecule has 3 rings (SSSR count). The highest BCUT2D eigenvalue weighted by Crippen LogP contribution is 2.36. The molecular formula is C17H14Cl2FN3S. The van der Waals surface area contributed by atoms with Gasteiger partial charge in [0.2, 0.25) is 0 Å². The molecule has 3 aromatic rings. The summed E-state index contributed by atoms with van der Waals surface area (Å²) in [5.41, 5.74) is -0.452. The summed E-state index contributed by atoms with van der Waals surface area (Å²) in [7, 11) is 0. The van der Waals surface area contributed by atoms with Crippen molar-refractivity contribution < 1.29 is 4.39 Å². The van der Waals surface area contributed by atoms with Gasteiger partial charge < -0.3 is 0 Å². The monoisotopic (exact) mass is 381 g/mol. The summed E-state index contributed by atoms with van der Waals surface area (Å²) >= 11 is 13.2. The van der Waals surface area contributed by atoms with Gasteiger partial charge in [0.25, 0.3) is 0 Å². The smallest absolute Gasteiger partial charge is 0.150 e. The molecule has 0 aliphatic heterocycles. The lowest BCUT2D eigenvalue weighted by atomic mass is 9.93. The molecule has 0 radical (unpaired) electrons. The number of rotatable bonds is 6. The maximum atomic E-state index is 15.8. The summed E-state index contributed by atoms with van der Waals surface area (Å²) < 4.78 is 15.8. The molecule has 0 saturated heterocycles. The molecule has 0 bridgehead atoms. The van der Waals surface area contributed by atoms with Crippen molar-refractivity contribution in [2.75, 3.05) is 5.75 Å². The maximum absolute atomic E-state index is 15.8. The second-order valence-electron chi connectivity index (χ2n) is 5.36. The van der Waals surface area contributed by atoms with Crippen LogP contribution in [0.15, 0.2) is 59.6 Å². The van der Waals surface area contributed by atoms with Gasteiger partial charge in [0.15, 0.2) is 5.67 Å². The fraction of sp³-hybridized carbons (Fsp3) is 0.176. The van der Waals surface area contributed by atoms with E-state index < -0.39 is 5.67 Å². The van der Waals surface area contributed by atoms with E-state index in [-0.39, 0.29) is 12.2 Å². The van der Waals surface area contributed by atoms with Crippen LogP contribution in [0, 0.1) is 0 Å². The van der Waals surface area contributed by atoms with Gasteiger partial charge in [-0.2, -0.15) is 0 Å². The van der Waals surface area contributed by atoms with Crippen LogP contribution in [0.2, 0.25) is 10.0 Å². The van der Waals surface area contributed by atoms with Gasteiger partial charge in [0.1, 0.15) is 0 Å². The second-order valence-corrected chi connectivity index (χ2v) is 7.28. The van der Waals surface area contributed by atoms with Crippen LogP contribution in [-0.4, -0.2) is 21.2 Å².